The summed E-state index contributed by atoms with van der Waals surface area (Å²) >= 11 is 0. The van der Waals surface area contributed by atoms with Gasteiger partial charge in [-0.3, -0.25) is 19.3 Å². The first-order valence-corrected chi connectivity index (χ1v) is 7.23. The van der Waals surface area contributed by atoms with E-state index < -0.39 is 6.04 Å². The zero-order valence-corrected chi connectivity index (χ0v) is 13.1. The van der Waals surface area contributed by atoms with Gasteiger partial charge in [0.25, 0.3) is 5.91 Å². The van der Waals surface area contributed by atoms with E-state index in [-0.39, 0.29) is 11.8 Å². The van der Waals surface area contributed by atoms with Crippen LogP contribution in [0.2, 0.25) is 0 Å². The normalized spacial score (nSPS) is 11.7. The van der Waals surface area contributed by atoms with Crippen molar-refractivity contribution in [1.29, 1.82) is 0 Å². The van der Waals surface area contributed by atoms with Crippen molar-refractivity contribution >= 4 is 11.8 Å². The number of likely N-dealkylation sites (N-methyl/N-ethyl adjacent to an activating group) is 1. The van der Waals surface area contributed by atoms with Gasteiger partial charge in [-0.05, 0) is 19.2 Å². The van der Waals surface area contributed by atoms with Gasteiger partial charge in [-0.15, -0.1) is 0 Å². The molecule has 122 valence electrons. The molecular formula is C15H20N6O2. The molecule has 1 unspecified atom stereocenters. The van der Waals surface area contributed by atoms with Crippen LogP contribution in [0.15, 0.2) is 36.9 Å². The van der Waals surface area contributed by atoms with Crippen molar-refractivity contribution in [1.82, 2.24) is 30.7 Å². The van der Waals surface area contributed by atoms with Crippen molar-refractivity contribution < 1.29 is 9.59 Å². The second-order valence-corrected chi connectivity index (χ2v) is 4.96. The van der Waals surface area contributed by atoms with Crippen LogP contribution < -0.4 is 16.0 Å². The Morgan fingerprint density at radius 3 is 2.65 bits per heavy atom. The third kappa shape index (κ3) is 4.62. The molecular weight excluding hydrogens is 296 g/mol. The molecule has 8 heteroatoms. The summed E-state index contributed by atoms with van der Waals surface area (Å²) in [4.78, 5) is 27.9. The lowest BCUT2D eigenvalue weighted by Gasteiger charge is -2.14. The second kappa shape index (κ2) is 8.04. The molecule has 8 nitrogen and oxygen atoms in total. The van der Waals surface area contributed by atoms with E-state index in [0.29, 0.717) is 18.7 Å². The highest BCUT2D eigenvalue weighted by Crippen LogP contribution is 2.10. The minimum Gasteiger partial charge on any atom is -0.353 e. The lowest BCUT2D eigenvalue weighted by Crippen LogP contribution is -2.40. The molecule has 0 saturated heterocycles. The molecule has 0 aliphatic heterocycles. The van der Waals surface area contributed by atoms with Crippen molar-refractivity contribution in [2.45, 2.75) is 6.04 Å². The predicted octanol–water partition coefficient (Wildman–Crippen LogP) is -0.378. The number of carbonyl (C=O) groups excluding carboxylic acids is 2. The molecule has 3 N–H and O–H groups in total. The van der Waals surface area contributed by atoms with Crippen molar-refractivity contribution in [2.75, 3.05) is 20.1 Å². The van der Waals surface area contributed by atoms with E-state index in [9.17, 15) is 9.59 Å². The SMILES string of the molecule is CNC(C(=O)NCCNC(=O)c1cccnc1)c1cnn(C)c1. The minimum absolute atomic E-state index is 0.170. The maximum atomic E-state index is 12.2. The molecule has 0 aliphatic rings. The Morgan fingerprint density at radius 2 is 2.04 bits per heavy atom. The Hall–Kier alpha value is -2.74. The van der Waals surface area contributed by atoms with E-state index in [1.165, 1.54) is 6.20 Å². The summed E-state index contributed by atoms with van der Waals surface area (Å²) in [7, 11) is 3.50. The molecule has 2 aromatic heterocycles. The van der Waals surface area contributed by atoms with Gasteiger partial charge in [-0.25, -0.2) is 0 Å². The van der Waals surface area contributed by atoms with Crippen LogP contribution in [0.25, 0.3) is 0 Å². The monoisotopic (exact) mass is 316 g/mol. The summed E-state index contributed by atoms with van der Waals surface area (Å²) in [6.07, 6.45) is 6.52. The number of nitrogens with one attached hydrogen (secondary N) is 3. The van der Waals surface area contributed by atoms with Crippen molar-refractivity contribution in [3.63, 3.8) is 0 Å². The fourth-order valence-corrected chi connectivity index (χ4v) is 2.10. The summed E-state index contributed by atoms with van der Waals surface area (Å²) in [5.41, 5.74) is 1.27. The van der Waals surface area contributed by atoms with E-state index in [0.717, 1.165) is 5.56 Å². The Bertz CT molecular complexity index is 655. The Morgan fingerprint density at radius 1 is 1.26 bits per heavy atom. The predicted molar refractivity (Wildman–Crippen MR) is 84.6 cm³/mol. The molecule has 2 aromatic rings. The van der Waals surface area contributed by atoms with Crippen molar-refractivity contribution in [3.05, 3.63) is 48.0 Å². The van der Waals surface area contributed by atoms with Crippen LogP contribution in [0, 0.1) is 0 Å². The molecule has 0 radical (unpaired) electrons. The van der Waals surface area contributed by atoms with Crippen LogP contribution in [0.3, 0.4) is 0 Å². The molecule has 0 saturated carbocycles. The molecule has 1 atom stereocenters. The number of rotatable bonds is 7. The fraction of sp³-hybridized carbons (Fsp3) is 0.333. The van der Waals surface area contributed by atoms with Crippen LogP contribution >= 0.6 is 0 Å². The van der Waals surface area contributed by atoms with Crippen LogP contribution in [-0.4, -0.2) is 46.7 Å². The molecule has 2 amide bonds. The van der Waals surface area contributed by atoms with Gasteiger partial charge in [-0.2, -0.15) is 5.10 Å². The quantitative estimate of drug-likeness (QED) is 0.605. The number of pyridine rings is 1. The lowest BCUT2D eigenvalue weighted by atomic mass is 10.1. The summed E-state index contributed by atoms with van der Waals surface area (Å²) in [6, 6.07) is 2.90. The lowest BCUT2D eigenvalue weighted by molar-refractivity contribution is -0.123. The molecule has 0 fully saturated rings. The topological polar surface area (TPSA) is 101 Å². The number of hydrogen-bond donors (Lipinski definition) is 3. The van der Waals surface area contributed by atoms with E-state index in [4.69, 9.17) is 0 Å². The number of nitrogens with zero attached hydrogens (tertiary/aromatic N) is 3. The van der Waals surface area contributed by atoms with Gasteiger partial charge in [0.05, 0.1) is 11.8 Å². The number of aromatic nitrogens is 3. The van der Waals surface area contributed by atoms with Crippen molar-refractivity contribution in [2.24, 2.45) is 7.05 Å². The first-order chi connectivity index (χ1) is 11.1. The minimum atomic E-state index is -0.474. The average Bonchev–Trinajstić information content (AvgIpc) is 2.99. The highest BCUT2D eigenvalue weighted by molar-refractivity contribution is 5.93. The largest absolute Gasteiger partial charge is 0.353 e. The smallest absolute Gasteiger partial charge is 0.252 e. The number of carbonyl (C=O) groups is 2. The zero-order valence-electron chi connectivity index (χ0n) is 13.1. The molecule has 0 bridgehead atoms. The van der Waals surface area contributed by atoms with Crippen LogP contribution in [0.1, 0.15) is 22.0 Å². The van der Waals surface area contributed by atoms with Gasteiger partial charge in [0.2, 0.25) is 5.91 Å². The number of aryl methyl sites for hydroxylation is 1. The number of hydrogen-bond acceptors (Lipinski definition) is 5. The Balaban J connectivity index is 1.77. The molecule has 0 aliphatic carbocycles. The zero-order chi connectivity index (χ0) is 16.7. The first kappa shape index (κ1) is 16.6. The third-order valence-corrected chi connectivity index (χ3v) is 3.24. The standard InChI is InChI=1S/C15H20N6O2/c1-16-13(12-9-20-21(2)10-12)15(23)19-7-6-18-14(22)11-4-3-5-17-8-11/h3-5,8-10,13,16H,6-7H2,1-2H3,(H,18,22)(H,19,23). The van der Waals surface area contributed by atoms with E-state index >= 15 is 0 Å². The van der Waals surface area contributed by atoms with E-state index in [1.807, 2.05) is 0 Å². The molecule has 0 aromatic carbocycles. The summed E-state index contributed by atoms with van der Waals surface area (Å²) in [6.45, 7) is 0.673. The summed E-state index contributed by atoms with van der Waals surface area (Å²) in [5.74, 6) is -0.388. The Kier molecular flexibility index (Phi) is 5.81. The van der Waals surface area contributed by atoms with Gasteiger partial charge in [-0.1, -0.05) is 0 Å². The first-order valence-electron chi connectivity index (χ1n) is 7.23. The van der Waals surface area contributed by atoms with Gasteiger partial charge < -0.3 is 16.0 Å². The van der Waals surface area contributed by atoms with Gasteiger partial charge in [0, 0.05) is 44.3 Å². The maximum Gasteiger partial charge on any atom is 0.252 e. The van der Waals surface area contributed by atoms with Crippen LogP contribution in [0.4, 0.5) is 0 Å². The second-order valence-electron chi connectivity index (χ2n) is 4.96. The molecule has 2 heterocycles. The molecule has 2 rings (SSSR count). The number of amides is 2. The van der Waals surface area contributed by atoms with Gasteiger partial charge in [0.1, 0.15) is 6.04 Å². The van der Waals surface area contributed by atoms with E-state index in [2.05, 4.69) is 26.0 Å². The average molecular weight is 316 g/mol. The summed E-state index contributed by atoms with van der Waals surface area (Å²) in [5, 5.41) is 12.5. The summed E-state index contributed by atoms with van der Waals surface area (Å²) < 4.78 is 1.64. The van der Waals surface area contributed by atoms with Crippen molar-refractivity contribution in [3.8, 4) is 0 Å². The molecule has 0 spiro atoms. The third-order valence-electron chi connectivity index (χ3n) is 3.24. The van der Waals surface area contributed by atoms with Gasteiger partial charge in [0.15, 0.2) is 0 Å². The fourth-order valence-electron chi connectivity index (χ4n) is 2.10. The van der Waals surface area contributed by atoms with Crippen LogP contribution in [0.5, 0.6) is 0 Å². The molecule has 23 heavy (non-hydrogen) atoms. The maximum absolute atomic E-state index is 12.2. The highest BCUT2D eigenvalue weighted by Gasteiger charge is 2.19. The van der Waals surface area contributed by atoms with E-state index in [1.54, 1.807) is 49.5 Å². The Labute approximate surface area is 134 Å². The van der Waals surface area contributed by atoms with Crippen LogP contribution in [-0.2, 0) is 11.8 Å². The highest BCUT2D eigenvalue weighted by atomic mass is 16.2. The van der Waals surface area contributed by atoms with Gasteiger partial charge >= 0.3 is 0 Å².